The minimum absolute atomic E-state index is 0.00166. The molecule has 6 heteroatoms. The van der Waals surface area contributed by atoms with Crippen molar-refractivity contribution in [3.8, 4) is 5.75 Å². The van der Waals surface area contributed by atoms with E-state index in [1.807, 2.05) is 25.1 Å². The van der Waals surface area contributed by atoms with E-state index in [1.165, 1.54) is 17.7 Å². The van der Waals surface area contributed by atoms with Gasteiger partial charge in [0, 0.05) is 34.4 Å². The molecule has 0 saturated carbocycles. The highest BCUT2D eigenvalue weighted by Crippen LogP contribution is 2.32. The predicted molar refractivity (Wildman–Crippen MR) is 123 cm³/mol. The van der Waals surface area contributed by atoms with Gasteiger partial charge in [-0.25, -0.2) is 0 Å². The predicted octanol–water partition coefficient (Wildman–Crippen LogP) is 4.40. The van der Waals surface area contributed by atoms with Crippen molar-refractivity contribution in [2.45, 2.75) is 33.1 Å². The standard InChI is InChI=1S/C25H29N3O3/c1-4-28(15-24(29)26-18-7-9-19(31-3)10-8-18)25(30)17-6-12-23-21(14-17)20-13-16(2)5-11-22(20)27-23/h6-10,12,14,16,27H,4-5,11,13,15H2,1-3H3,(H,26,29)/t16-/m0/s1. The normalized spacial score (nSPS) is 15.4. The smallest absolute Gasteiger partial charge is 0.254 e. The van der Waals surface area contributed by atoms with Crippen molar-refractivity contribution in [2.75, 3.05) is 25.5 Å². The van der Waals surface area contributed by atoms with Crippen molar-refractivity contribution in [3.05, 3.63) is 59.3 Å². The maximum atomic E-state index is 13.2. The van der Waals surface area contributed by atoms with Crippen LogP contribution in [-0.2, 0) is 17.6 Å². The summed E-state index contributed by atoms with van der Waals surface area (Å²) in [7, 11) is 1.60. The Bertz CT molecular complexity index is 1100. The third-order valence-electron chi connectivity index (χ3n) is 6.06. The molecule has 1 aliphatic rings. The van der Waals surface area contributed by atoms with Gasteiger partial charge in [0.2, 0.25) is 5.91 Å². The quantitative estimate of drug-likeness (QED) is 0.622. The lowest BCUT2D eigenvalue weighted by molar-refractivity contribution is -0.116. The molecule has 1 aliphatic carbocycles. The number of ether oxygens (including phenoxy) is 1. The number of rotatable bonds is 6. The van der Waals surface area contributed by atoms with Gasteiger partial charge in [0.1, 0.15) is 12.3 Å². The average molecular weight is 420 g/mol. The molecule has 2 aromatic carbocycles. The molecule has 0 spiro atoms. The van der Waals surface area contributed by atoms with Gasteiger partial charge in [-0.2, -0.15) is 0 Å². The van der Waals surface area contributed by atoms with Crippen LogP contribution in [0, 0.1) is 5.92 Å². The van der Waals surface area contributed by atoms with Gasteiger partial charge >= 0.3 is 0 Å². The van der Waals surface area contributed by atoms with Gasteiger partial charge in [-0.15, -0.1) is 0 Å². The van der Waals surface area contributed by atoms with Gasteiger partial charge in [0.15, 0.2) is 0 Å². The summed E-state index contributed by atoms with van der Waals surface area (Å²) in [5, 5.41) is 3.97. The molecule has 1 aromatic heterocycles. The van der Waals surface area contributed by atoms with Crippen molar-refractivity contribution in [1.82, 2.24) is 9.88 Å². The van der Waals surface area contributed by atoms with Gasteiger partial charge in [-0.05, 0) is 80.1 Å². The van der Waals surface area contributed by atoms with E-state index in [4.69, 9.17) is 4.74 Å². The van der Waals surface area contributed by atoms with Gasteiger partial charge in [-0.1, -0.05) is 6.92 Å². The molecule has 6 nitrogen and oxygen atoms in total. The Labute approximate surface area is 182 Å². The number of hydrogen-bond acceptors (Lipinski definition) is 3. The SMILES string of the molecule is CCN(CC(=O)Nc1ccc(OC)cc1)C(=O)c1ccc2[nH]c3c(c2c1)C[C@@H](C)CC3. The summed E-state index contributed by atoms with van der Waals surface area (Å²) in [6, 6.07) is 12.9. The molecule has 2 amide bonds. The maximum absolute atomic E-state index is 13.2. The Balaban J connectivity index is 1.49. The van der Waals surface area contributed by atoms with E-state index in [0.717, 1.165) is 29.5 Å². The lowest BCUT2D eigenvalue weighted by atomic mass is 9.87. The van der Waals surface area contributed by atoms with Gasteiger partial charge in [0.25, 0.3) is 5.91 Å². The number of hydrogen-bond donors (Lipinski definition) is 2. The summed E-state index contributed by atoms with van der Waals surface area (Å²) in [6.07, 6.45) is 3.29. The molecule has 0 unspecified atom stereocenters. The number of methoxy groups -OCH3 is 1. The summed E-state index contributed by atoms with van der Waals surface area (Å²) < 4.78 is 5.13. The fourth-order valence-electron chi connectivity index (χ4n) is 4.28. The van der Waals surface area contributed by atoms with Crippen LogP contribution in [0.25, 0.3) is 10.9 Å². The Hall–Kier alpha value is -3.28. The van der Waals surface area contributed by atoms with E-state index in [2.05, 4.69) is 17.2 Å². The highest BCUT2D eigenvalue weighted by Gasteiger charge is 2.22. The second-order valence-electron chi connectivity index (χ2n) is 8.29. The van der Waals surface area contributed by atoms with E-state index in [1.54, 1.807) is 36.3 Å². The largest absolute Gasteiger partial charge is 0.497 e. The highest BCUT2D eigenvalue weighted by molar-refractivity contribution is 6.02. The number of benzene rings is 2. The van der Waals surface area contributed by atoms with Crippen molar-refractivity contribution >= 4 is 28.4 Å². The number of aromatic nitrogens is 1. The first-order valence-electron chi connectivity index (χ1n) is 10.8. The van der Waals surface area contributed by atoms with E-state index in [0.29, 0.717) is 23.7 Å². The minimum Gasteiger partial charge on any atom is -0.497 e. The molecular weight excluding hydrogens is 390 g/mol. The Morgan fingerprint density at radius 1 is 1.19 bits per heavy atom. The molecule has 31 heavy (non-hydrogen) atoms. The summed E-state index contributed by atoms with van der Waals surface area (Å²) in [5.41, 5.74) is 5.00. The lowest BCUT2D eigenvalue weighted by Gasteiger charge is -2.21. The number of carbonyl (C=O) groups is 2. The first kappa shape index (κ1) is 21.0. The van der Waals surface area contributed by atoms with Crippen LogP contribution in [0.3, 0.4) is 0 Å². The summed E-state index contributed by atoms with van der Waals surface area (Å²) in [6.45, 7) is 4.62. The molecule has 0 fully saturated rings. The molecule has 1 atom stereocenters. The third kappa shape index (κ3) is 4.43. The van der Waals surface area contributed by atoms with Crippen LogP contribution in [0.15, 0.2) is 42.5 Å². The molecule has 4 rings (SSSR count). The third-order valence-corrected chi connectivity index (χ3v) is 6.06. The number of likely N-dealkylation sites (N-methyl/N-ethyl adjacent to an activating group) is 1. The van der Waals surface area contributed by atoms with Crippen LogP contribution >= 0.6 is 0 Å². The fourth-order valence-corrected chi connectivity index (χ4v) is 4.28. The van der Waals surface area contributed by atoms with Crippen LogP contribution in [0.1, 0.15) is 41.9 Å². The van der Waals surface area contributed by atoms with Crippen molar-refractivity contribution in [3.63, 3.8) is 0 Å². The first-order valence-corrected chi connectivity index (χ1v) is 10.8. The molecule has 2 N–H and O–H groups in total. The lowest BCUT2D eigenvalue weighted by Crippen LogP contribution is -2.37. The minimum atomic E-state index is -0.228. The molecule has 0 aliphatic heterocycles. The first-order chi connectivity index (χ1) is 15.0. The van der Waals surface area contributed by atoms with E-state index < -0.39 is 0 Å². The highest BCUT2D eigenvalue weighted by atomic mass is 16.5. The van der Waals surface area contributed by atoms with Crippen LogP contribution in [0.4, 0.5) is 5.69 Å². The second-order valence-corrected chi connectivity index (χ2v) is 8.29. The summed E-state index contributed by atoms with van der Waals surface area (Å²) >= 11 is 0. The number of anilines is 1. The van der Waals surface area contributed by atoms with E-state index >= 15 is 0 Å². The average Bonchev–Trinajstić information content (AvgIpc) is 3.14. The Kier molecular flexibility index (Phi) is 5.98. The number of carbonyl (C=O) groups excluding carboxylic acids is 2. The van der Waals surface area contributed by atoms with Gasteiger partial charge < -0.3 is 19.9 Å². The zero-order valence-electron chi connectivity index (χ0n) is 18.3. The number of nitrogens with one attached hydrogen (secondary N) is 2. The Morgan fingerprint density at radius 3 is 2.68 bits per heavy atom. The second kappa shape index (κ2) is 8.84. The monoisotopic (exact) mass is 419 g/mol. The Morgan fingerprint density at radius 2 is 1.97 bits per heavy atom. The summed E-state index contributed by atoms with van der Waals surface area (Å²) in [5.74, 6) is 1.02. The molecule has 3 aromatic rings. The number of nitrogens with zero attached hydrogens (tertiary/aromatic N) is 1. The molecule has 162 valence electrons. The molecule has 1 heterocycles. The van der Waals surface area contributed by atoms with Crippen LogP contribution < -0.4 is 10.1 Å². The molecule has 0 bridgehead atoms. The zero-order valence-corrected chi connectivity index (χ0v) is 18.3. The summed E-state index contributed by atoms with van der Waals surface area (Å²) in [4.78, 5) is 30.8. The number of aromatic amines is 1. The maximum Gasteiger partial charge on any atom is 0.254 e. The van der Waals surface area contributed by atoms with Crippen LogP contribution in [0.2, 0.25) is 0 Å². The van der Waals surface area contributed by atoms with Gasteiger partial charge in [0.05, 0.1) is 7.11 Å². The molecule has 0 saturated heterocycles. The zero-order chi connectivity index (χ0) is 22.0. The van der Waals surface area contributed by atoms with Crippen LogP contribution in [0.5, 0.6) is 5.75 Å². The number of fused-ring (bicyclic) bond motifs is 3. The number of aryl methyl sites for hydroxylation is 1. The van der Waals surface area contributed by atoms with Crippen molar-refractivity contribution < 1.29 is 14.3 Å². The molecule has 0 radical (unpaired) electrons. The van der Waals surface area contributed by atoms with Crippen molar-refractivity contribution in [2.24, 2.45) is 5.92 Å². The van der Waals surface area contributed by atoms with Gasteiger partial charge in [-0.3, -0.25) is 9.59 Å². The number of amides is 2. The fraction of sp³-hybridized carbons (Fsp3) is 0.360. The van der Waals surface area contributed by atoms with Crippen molar-refractivity contribution in [1.29, 1.82) is 0 Å². The molecular formula is C25H29N3O3. The topological polar surface area (TPSA) is 74.4 Å². The number of H-pyrrole nitrogens is 1. The van der Waals surface area contributed by atoms with Crippen LogP contribution in [-0.4, -0.2) is 41.9 Å². The van der Waals surface area contributed by atoms with E-state index in [-0.39, 0.29) is 18.4 Å². The van der Waals surface area contributed by atoms with E-state index in [9.17, 15) is 9.59 Å².